The summed E-state index contributed by atoms with van der Waals surface area (Å²) < 4.78 is 12.5. The number of ether oxygens (including phenoxy) is 2. The molecule has 9 nitrogen and oxygen atoms in total. The van der Waals surface area contributed by atoms with Crippen LogP contribution in [0.3, 0.4) is 0 Å². The van der Waals surface area contributed by atoms with E-state index in [0.29, 0.717) is 11.1 Å². The zero-order chi connectivity index (χ0) is 23.4. The van der Waals surface area contributed by atoms with Crippen molar-refractivity contribution in [1.82, 2.24) is 9.55 Å². The SMILES string of the molecule is Cc1ccc(C(=O)OC2CC(n3ccc(NC(=O)c4ccccc4)nc3=O)OC2CO)cc1. The highest BCUT2D eigenvalue weighted by molar-refractivity contribution is 6.03. The number of nitrogens with zero attached hydrogens (tertiary/aromatic N) is 2. The molecule has 0 spiro atoms. The summed E-state index contributed by atoms with van der Waals surface area (Å²) in [5.74, 6) is -0.822. The lowest BCUT2D eigenvalue weighted by atomic mass is 10.1. The summed E-state index contributed by atoms with van der Waals surface area (Å²) in [5.41, 5.74) is 1.19. The number of aliphatic hydroxyl groups excluding tert-OH is 1. The van der Waals surface area contributed by atoms with Crippen molar-refractivity contribution in [2.75, 3.05) is 11.9 Å². The number of esters is 1. The van der Waals surface area contributed by atoms with E-state index in [9.17, 15) is 19.5 Å². The van der Waals surface area contributed by atoms with Gasteiger partial charge in [-0.3, -0.25) is 9.36 Å². The van der Waals surface area contributed by atoms with Crippen molar-refractivity contribution in [3.63, 3.8) is 0 Å². The summed E-state index contributed by atoms with van der Waals surface area (Å²) in [6.45, 7) is 1.53. The molecular weight excluding hydrogens is 426 g/mol. The molecule has 0 aliphatic carbocycles. The Balaban J connectivity index is 1.44. The number of amides is 1. The van der Waals surface area contributed by atoms with Crippen LogP contribution in [0.5, 0.6) is 0 Å². The minimum atomic E-state index is -0.784. The van der Waals surface area contributed by atoms with E-state index in [1.807, 2.05) is 6.92 Å². The number of aromatic nitrogens is 2. The molecule has 4 rings (SSSR count). The van der Waals surface area contributed by atoms with Gasteiger partial charge in [-0.05, 0) is 37.3 Å². The fourth-order valence-electron chi connectivity index (χ4n) is 3.53. The summed E-state index contributed by atoms with van der Waals surface area (Å²) >= 11 is 0. The van der Waals surface area contributed by atoms with E-state index in [-0.39, 0.29) is 24.8 Å². The van der Waals surface area contributed by atoms with E-state index < -0.39 is 30.1 Å². The number of rotatable bonds is 6. The Hall–Kier alpha value is -3.82. The van der Waals surface area contributed by atoms with Gasteiger partial charge < -0.3 is 19.9 Å². The molecule has 3 aromatic rings. The van der Waals surface area contributed by atoms with Crippen molar-refractivity contribution in [3.05, 3.63) is 94.0 Å². The molecule has 0 radical (unpaired) electrons. The lowest BCUT2D eigenvalue weighted by Gasteiger charge is -2.16. The number of carbonyl (C=O) groups excluding carboxylic acids is 2. The number of hydrogen-bond donors (Lipinski definition) is 2. The van der Waals surface area contributed by atoms with Crippen molar-refractivity contribution in [3.8, 4) is 0 Å². The molecule has 9 heteroatoms. The first-order valence-corrected chi connectivity index (χ1v) is 10.4. The molecule has 2 heterocycles. The van der Waals surface area contributed by atoms with Crippen LogP contribution in [0.4, 0.5) is 5.82 Å². The van der Waals surface area contributed by atoms with Gasteiger partial charge in [-0.2, -0.15) is 4.98 Å². The fraction of sp³-hybridized carbons (Fsp3) is 0.250. The lowest BCUT2D eigenvalue weighted by molar-refractivity contribution is -0.0521. The van der Waals surface area contributed by atoms with Crippen LogP contribution in [0.25, 0.3) is 0 Å². The second-order valence-corrected chi connectivity index (χ2v) is 7.68. The van der Waals surface area contributed by atoms with Crippen LogP contribution in [0.2, 0.25) is 0 Å². The molecule has 1 aliphatic heterocycles. The van der Waals surface area contributed by atoms with Gasteiger partial charge in [0.15, 0.2) is 0 Å². The largest absolute Gasteiger partial charge is 0.456 e. The Morgan fingerprint density at radius 2 is 1.85 bits per heavy atom. The van der Waals surface area contributed by atoms with Gasteiger partial charge in [0.05, 0.1) is 12.2 Å². The number of carbonyl (C=O) groups is 2. The molecule has 1 aliphatic rings. The molecule has 1 amide bonds. The number of anilines is 1. The predicted molar refractivity (Wildman–Crippen MR) is 119 cm³/mol. The zero-order valence-corrected chi connectivity index (χ0v) is 17.9. The van der Waals surface area contributed by atoms with E-state index in [4.69, 9.17) is 9.47 Å². The Labute approximate surface area is 189 Å². The molecule has 170 valence electrons. The molecule has 1 saturated heterocycles. The summed E-state index contributed by atoms with van der Waals surface area (Å²) in [6, 6.07) is 17.0. The van der Waals surface area contributed by atoms with Crippen molar-refractivity contribution < 1.29 is 24.2 Å². The topological polar surface area (TPSA) is 120 Å². The molecule has 0 saturated carbocycles. The Morgan fingerprint density at radius 1 is 1.12 bits per heavy atom. The number of nitrogens with one attached hydrogen (secondary N) is 1. The van der Waals surface area contributed by atoms with Crippen molar-refractivity contribution >= 4 is 17.7 Å². The van der Waals surface area contributed by atoms with Gasteiger partial charge in [0.2, 0.25) is 0 Å². The van der Waals surface area contributed by atoms with Crippen molar-refractivity contribution in [1.29, 1.82) is 0 Å². The maximum Gasteiger partial charge on any atom is 0.351 e. The molecule has 2 N–H and O–H groups in total. The summed E-state index contributed by atoms with van der Waals surface area (Å²) in [6.07, 6.45) is -0.692. The number of benzene rings is 2. The van der Waals surface area contributed by atoms with Gasteiger partial charge in [0.25, 0.3) is 5.91 Å². The van der Waals surface area contributed by atoms with Crippen molar-refractivity contribution in [2.24, 2.45) is 0 Å². The van der Waals surface area contributed by atoms with E-state index in [0.717, 1.165) is 5.56 Å². The van der Waals surface area contributed by atoms with Crippen LogP contribution >= 0.6 is 0 Å². The van der Waals surface area contributed by atoms with Gasteiger partial charge >= 0.3 is 11.7 Å². The highest BCUT2D eigenvalue weighted by Gasteiger charge is 2.39. The third-order valence-electron chi connectivity index (χ3n) is 5.32. The van der Waals surface area contributed by atoms with Crippen LogP contribution in [0.1, 0.15) is 38.9 Å². The molecule has 3 unspecified atom stereocenters. The van der Waals surface area contributed by atoms with E-state index in [2.05, 4.69) is 10.3 Å². The van der Waals surface area contributed by atoms with Gasteiger partial charge in [0.1, 0.15) is 24.3 Å². The third kappa shape index (κ3) is 5.16. The summed E-state index contributed by atoms with van der Waals surface area (Å²) in [7, 11) is 0. The lowest BCUT2D eigenvalue weighted by Crippen LogP contribution is -2.30. The highest BCUT2D eigenvalue weighted by Crippen LogP contribution is 2.30. The molecule has 1 fully saturated rings. The van der Waals surface area contributed by atoms with Crippen LogP contribution in [-0.2, 0) is 9.47 Å². The summed E-state index contributed by atoms with van der Waals surface area (Å²) in [4.78, 5) is 41.2. The number of aryl methyl sites for hydroxylation is 1. The quantitative estimate of drug-likeness (QED) is 0.554. The van der Waals surface area contributed by atoms with E-state index in [1.165, 1.54) is 16.8 Å². The average molecular weight is 449 g/mol. The molecule has 2 aromatic carbocycles. The Bertz CT molecular complexity index is 1190. The van der Waals surface area contributed by atoms with Gasteiger partial charge in [-0.15, -0.1) is 0 Å². The van der Waals surface area contributed by atoms with Crippen LogP contribution < -0.4 is 11.0 Å². The zero-order valence-electron chi connectivity index (χ0n) is 17.9. The standard InChI is InChI=1S/C24H23N3O6/c1-15-7-9-17(10-8-15)23(30)33-18-13-21(32-19(18)14-28)27-12-11-20(26-24(27)31)25-22(29)16-5-3-2-4-6-16/h2-12,18-19,21,28H,13-14H2,1H3,(H,25,26,29,31). The average Bonchev–Trinajstić information content (AvgIpc) is 3.22. The first-order chi connectivity index (χ1) is 15.9. The van der Waals surface area contributed by atoms with Crippen molar-refractivity contribution in [2.45, 2.75) is 31.8 Å². The van der Waals surface area contributed by atoms with E-state index in [1.54, 1.807) is 54.6 Å². The molecule has 1 aromatic heterocycles. The Morgan fingerprint density at radius 3 is 2.52 bits per heavy atom. The smallest absolute Gasteiger partial charge is 0.351 e. The monoisotopic (exact) mass is 449 g/mol. The van der Waals surface area contributed by atoms with Gasteiger partial charge in [-0.1, -0.05) is 35.9 Å². The predicted octanol–water partition coefficient (Wildman–Crippen LogP) is 2.31. The first-order valence-electron chi connectivity index (χ1n) is 10.4. The second-order valence-electron chi connectivity index (χ2n) is 7.68. The van der Waals surface area contributed by atoms with Crippen LogP contribution in [0, 0.1) is 6.92 Å². The van der Waals surface area contributed by atoms with E-state index >= 15 is 0 Å². The minimum absolute atomic E-state index is 0.101. The van der Waals surface area contributed by atoms with Crippen LogP contribution in [-0.4, -0.2) is 45.3 Å². The van der Waals surface area contributed by atoms with Crippen LogP contribution in [0.15, 0.2) is 71.7 Å². The highest BCUT2D eigenvalue weighted by atomic mass is 16.6. The molecule has 0 bridgehead atoms. The van der Waals surface area contributed by atoms with Gasteiger partial charge in [0, 0.05) is 18.2 Å². The van der Waals surface area contributed by atoms with Gasteiger partial charge in [-0.25, -0.2) is 9.59 Å². The maximum absolute atomic E-state index is 12.6. The molecule has 33 heavy (non-hydrogen) atoms. The normalized spacial score (nSPS) is 19.8. The Kier molecular flexibility index (Phi) is 6.62. The second kappa shape index (κ2) is 9.76. The minimum Gasteiger partial charge on any atom is -0.456 e. The molecular formula is C24H23N3O6. The first kappa shape index (κ1) is 22.4. The number of hydrogen-bond acceptors (Lipinski definition) is 7. The number of aliphatic hydroxyl groups is 1. The maximum atomic E-state index is 12.6. The fourth-order valence-corrected chi connectivity index (χ4v) is 3.53. The molecule has 3 atom stereocenters. The summed E-state index contributed by atoms with van der Waals surface area (Å²) in [5, 5.41) is 12.3. The third-order valence-corrected chi connectivity index (χ3v) is 5.32.